The molecule has 3 aromatic rings. The lowest BCUT2D eigenvalue weighted by molar-refractivity contribution is -0.928. The first-order valence-electron chi connectivity index (χ1n) is 15.7. The van der Waals surface area contributed by atoms with Crippen LogP contribution in [0.25, 0.3) is 0 Å². The van der Waals surface area contributed by atoms with Crippen LogP contribution < -0.4 is 16.2 Å². The van der Waals surface area contributed by atoms with Gasteiger partial charge >= 0.3 is 18.2 Å². The van der Waals surface area contributed by atoms with Crippen LogP contribution in [0.3, 0.4) is 0 Å². The van der Waals surface area contributed by atoms with Crippen LogP contribution in [0.5, 0.6) is 11.5 Å². The number of likely N-dealkylation sites (tertiary alicyclic amines) is 1. The van der Waals surface area contributed by atoms with Gasteiger partial charge in [-0.3, -0.25) is 4.79 Å². The zero-order valence-corrected chi connectivity index (χ0v) is 27.9. The minimum absolute atomic E-state index is 0.0991. The van der Waals surface area contributed by atoms with Gasteiger partial charge in [0.05, 0.1) is 37.8 Å². The number of carboxylic acid groups (broad SMARTS) is 1. The van der Waals surface area contributed by atoms with E-state index in [4.69, 9.17) is 20.4 Å². The Labute approximate surface area is 287 Å². The Balaban J connectivity index is 0.000000872. The maximum absolute atomic E-state index is 14.0. The number of alkyl halides is 3. The van der Waals surface area contributed by atoms with Crippen LogP contribution >= 0.6 is 0 Å². The number of amides is 3. The van der Waals surface area contributed by atoms with Crippen LogP contribution in [0.2, 0.25) is 0 Å². The third-order valence-electron chi connectivity index (χ3n) is 7.97. The highest BCUT2D eigenvalue weighted by Gasteiger charge is 2.41. The molecule has 12 nitrogen and oxygen atoms in total. The third kappa shape index (κ3) is 11.7. The van der Waals surface area contributed by atoms with Crippen molar-refractivity contribution in [3.05, 3.63) is 89.5 Å². The lowest BCUT2D eigenvalue weighted by Crippen LogP contribution is -2.62. The normalized spacial score (nSPS) is 17.9. The average molecular weight is 703 g/mol. The van der Waals surface area contributed by atoms with E-state index in [0.717, 1.165) is 24.1 Å². The van der Waals surface area contributed by atoms with Crippen molar-refractivity contribution in [2.75, 3.05) is 25.5 Å². The van der Waals surface area contributed by atoms with Crippen molar-refractivity contribution in [1.82, 2.24) is 4.90 Å². The number of carbonyl (C=O) groups excluding carboxylic acids is 4. The quantitative estimate of drug-likeness (QED) is 0.182. The predicted molar refractivity (Wildman–Crippen MR) is 174 cm³/mol. The summed E-state index contributed by atoms with van der Waals surface area (Å²) in [4.78, 5) is 49.6. The van der Waals surface area contributed by atoms with Crippen molar-refractivity contribution in [2.45, 2.75) is 64.0 Å². The number of nitrogens with zero attached hydrogens (tertiary/aromatic N) is 2. The van der Waals surface area contributed by atoms with Crippen molar-refractivity contribution in [3.63, 3.8) is 0 Å². The lowest BCUT2D eigenvalue weighted by Gasteiger charge is -2.46. The topological polar surface area (TPSA) is 182 Å². The van der Waals surface area contributed by atoms with Gasteiger partial charge < -0.3 is 45.3 Å². The molecule has 1 aliphatic heterocycles. The van der Waals surface area contributed by atoms with Crippen molar-refractivity contribution >= 4 is 29.6 Å². The molecule has 0 aromatic heterocycles. The number of rotatable bonds is 10. The van der Waals surface area contributed by atoms with Crippen molar-refractivity contribution < 1.29 is 56.9 Å². The first-order chi connectivity index (χ1) is 23.4. The zero-order chi connectivity index (χ0) is 37.2. The summed E-state index contributed by atoms with van der Waals surface area (Å²) < 4.78 is 37.4. The van der Waals surface area contributed by atoms with Gasteiger partial charge in [0, 0.05) is 17.7 Å². The van der Waals surface area contributed by atoms with Crippen molar-refractivity contribution in [1.29, 1.82) is 0 Å². The summed E-state index contributed by atoms with van der Waals surface area (Å²) in [6.45, 7) is 5.63. The molecule has 1 heterocycles. The second kappa shape index (κ2) is 16.9. The monoisotopic (exact) mass is 702 g/mol. The van der Waals surface area contributed by atoms with Crippen LogP contribution in [0.1, 0.15) is 48.2 Å². The molecule has 0 spiro atoms. The number of urea groups is 1. The summed E-state index contributed by atoms with van der Waals surface area (Å²) in [6.07, 6.45) is -3.77. The lowest BCUT2D eigenvalue weighted by atomic mass is 9.96. The number of ether oxygens (including phenoxy) is 1. The molecule has 0 bridgehead atoms. The number of phenols is 2. The van der Waals surface area contributed by atoms with Gasteiger partial charge in [-0.2, -0.15) is 13.2 Å². The zero-order valence-electron chi connectivity index (χ0n) is 27.9. The number of phenolic OH excluding ortho intramolecular Hbond substituents is 2. The molecular weight excluding hydrogens is 661 g/mol. The number of halogens is 3. The van der Waals surface area contributed by atoms with Gasteiger partial charge in [0.2, 0.25) is 5.91 Å². The fourth-order valence-corrected chi connectivity index (χ4v) is 5.78. The molecule has 0 aliphatic carbocycles. The SMILES string of the molecule is CC(C)OC(=O)c1ccc(NC(=O)N([C@@H]2CCC[N+](C)(Cc3cccc(O)c3)C2)[C@@H](Cc2ccc(O)cc2)C(N)=O)cc1.O=C([O-])C(F)(F)F. The van der Waals surface area contributed by atoms with E-state index in [1.54, 1.807) is 67.3 Å². The highest BCUT2D eigenvalue weighted by atomic mass is 19.4. The first kappa shape index (κ1) is 39.1. The van der Waals surface area contributed by atoms with Gasteiger partial charge in [-0.05, 0) is 80.8 Å². The van der Waals surface area contributed by atoms with E-state index < -0.39 is 36.1 Å². The maximum atomic E-state index is 14.0. The summed E-state index contributed by atoms with van der Waals surface area (Å²) in [7, 11) is 2.11. The van der Waals surface area contributed by atoms with Gasteiger partial charge in [-0.25, -0.2) is 9.59 Å². The molecule has 15 heteroatoms. The standard InChI is InChI=1S/C33H40N4O6.C2HF3O2/c1-22(2)43-32(41)25-11-13-26(14-12-25)35-33(42)36(30(31(34)40)19-23-9-15-28(38)16-10-23)27-7-5-17-37(3,21-27)20-24-6-4-8-29(39)18-24;3-2(4,5)1(6)7/h4,6,8-16,18,22,27,30H,5,7,17,19-21H2,1-3H3,(H4-,34,35,38,39,40,41,42);(H,6,7)/t27-,30+,37?;/m1./s1. The third-order valence-corrected chi connectivity index (χ3v) is 7.97. The molecule has 50 heavy (non-hydrogen) atoms. The molecule has 3 aromatic carbocycles. The Morgan fingerprint density at radius 2 is 1.62 bits per heavy atom. The predicted octanol–water partition coefficient (Wildman–Crippen LogP) is 3.70. The van der Waals surface area contributed by atoms with Crippen LogP contribution in [0, 0.1) is 0 Å². The number of aliphatic carboxylic acids is 1. The van der Waals surface area contributed by atoms with Crippen LogP contribution in [-0.4, -0.2) is 88.0 Å². The molecular formula is C35H41F3N4O8. The smallest absolute Gasteiger partial charge is 0.430 e. The number of anilines is 1. The van der Waals surface area contributed by atoms with E-state index in [1.807, 2.05) is 12.1 Å². The summed E-state index contributed by atoms with van der Waals surface area (Å²) in [5.74, 6) is -3.80. The Morgan fingerprint density at radius 1 is 1.00 bits per heavy atom. The number of nitrogens with one attached hydrogen (secondary N) is 1. The number of piperidine rings is 1. The average Bonchev–Trinajstić information content (AvgIpc) is 3.01. The largest absolute Gasteiger partial charge is 0.542 e. The summed E-state index contributed by atoms with van der Waals surface area (Å²) in [6, 6.07) is 18.3. The molecule has 1 unspecified atom stereocenters. The first-order valence-corrected chi connectivity index (χ1v) is 15.7. The number of hydrogen-bond acceptors (Lipinski definition) is 8. The van der Waals surface area contributed by atoms with E-state index in [9.17, 15) is 37.8 Å². The summed E-state index contributed by atoms with van der Waals surface area (Å²) in [5, 5.41) is 31.4. The van der Waals surface area contributed by atoms with E-state index >= 15 is 0 Å². The number of benzene rings is 3. The molecule has 4 rings (SSSR count). The number of primary amides is 1. The molecule has 0 saturated carbocycles. The second-order valence-electron chi connectivity index (χ2n) is 12.6. The number of likely N-dealkylation sites (N-methyl/N-ethyl adjacent to an activating group) is 1. The fraction of sp³-hybridized carbons (Fsp3) is 0.371. The molecule has 1 fully saturated rings. The van der Waals surface area contributed by atoms with Gasteiger partial charge in [-0.1, -0.05) is 24.3 Å². The molecule has 1 aliphatic rings. The molecule has 3 amide bonds. The number of hydrogen-bond donors (Lipinski definition) is 4. The minimum Gasteiger partial charge on any atom is -0.542 e. The van der Waals surface area contributed by atoms with E-state index in [0.29, 0.717) is 35.2 Å². The van der Waals surface area contributed by atoms with Crippen molar-refractivity contribution in [3.8, 4) is 11.5 Å². The number of aromatic hydroxyl groups is 2. The molecule has 3 atom stereocenters. The molecule has 0 radical (unpaired) electrons. The Kier molecular flexibility index (Phi) is 13.2. The second-order valence-corrected chi connectivity index (χ2v) is 12.6. The van der Waals surface area contributed by atoms with E-state index in [2.05, 4.69) is 12.4 Å². The Morgan fingerprint density at radius 3 is 2.16 bits per heavy atom. The fourth-order valence-electron chi connectivity index (χ4n) is 5.78. The van der Waals surface area contributed by atoms with E-state index in [1.165, 1.54) is 12.1 Å². The van der Waals surface area contributed by atoms with Gasteiger partial charge in [0.1, 0.15) is 30.1 Å². The summed E-state index contributed by atoms with van der Waals surface area (Å²) in [5.41, 5.74) is 8.50. The highest BCUT2D eigenvalue weighted by Crippen LogP contribution is 2.28. The van der Waals surface area contributed by atoms with Crippen LogP contribution in [0.4, 0.5) is 23.7 Å². The number of nitrogens with two attached hydrogens (primary N) is 1. The van der Waals surface area contributed by atoms with Gasteiger partial charge in [0.25, 0.3) is 0 Å². The molecule has 1 saturated heterocycles. The Bertz CT molecular complexity index is 1630. The van der Waals surface area contributed by atoms with Crippen LogP contribution in [-0.2, 0) is 27.3 Å². The Hall–Kier alpha value is -5.31. The van der Waals surface area contributed by atoms with Gasteiger partial charge in [0.15, 0.2) is 0 Å². The van der Waals surface area contributed by atoms with Crippen molar-refractivity contribution in [2.24, 2.45) is 5.73 Å². The summed E-state index contributed by atoms with van der Waals surface area (Å²) >= 11 is 0. The molecule has 270 valence electrons. The highest BCUT2D eigenvalue weighted by molar-refractivity contribution is 5.95. The number of carbonyl (C=O) groups is 4. The maximum Gasteiger partial charge on any atom is 0.430 e. The number of carboxylic acids is 1. The molecule has 5 N–H and O–H groups in total. The van der Waals surface area contributed by atoms with Crippen LogP contribution in [0.15, 0.2) is 72.8 Å². The van der Waals surface area contributed by atoms with Gasteiger partial charge in [-0.15, -0.1) is 0 Å². The minimum atomic E-state index is -5.19. The number of quaternary nitrogens is 1. The number of esters is 1. The van der Waals surface area contributed by atoms with E-state index in [-0.39, 0.29) is 30.1 Å².